The van der Waals surface area contributed by atoms with Gasteiger partial charge in [0.2, 0.25) is 0 Å². The molecule has 108 heavy (non-hydrogen) atoms. The maximum absolute atomic E-state index is 2.41. The van der Waals surface area contributed by atoms with Crippen LogP contribution < -0.4 is 0 Å². The van der Waals surface area contributed by atoms with Crippen LogP contribution >= 0.6 is 0 Å². The number of aromatic nitrogens is 2. The minimum absolute atomic E-state index is 1.15. The molecule has 0 radical (unpaired) electrons. The van der Waals surface area contributed by atoms with E-state index in [-0.39, 0.29) is 0 Å². The molecule has 0 aliphatic rings. The van der Waals surface area contributed by atoms with Crippen LogP contribution in [0.4, 0.5) is 0 Å². The molecule has 0 amide bonds. The summed E-state index contributed by atoms with van der Waals surface area (Å²) in [6.45, 7) is 0. The van der Waals surface area contributed by atoms with E-state index in [4.69, 9.17) is 0 Å². The molecule has 0 atom stereocenters. The summed E-state index contributed by atoms with van der Waals surface area (Å²) in [5.41, 5.74) is 29.3. The Hall–Kier alpha value is -14.2. The quantitative estimate of drug-likeness (QED) is 0.114. The van der Waals surface area contributed by atoms with E-state index in [9.17, 15) is 0 Å². The second kappa shape index (κ2) is 27.1. The van der Waals surface area contributed by atoms with E-state index in [1.165, 1.54) is 187 Å². The monoisotopic (exact) mass is 1370 g/mol. The van der Waals surface area contributed by atoms with Gasteiger partial charge in [-0.05, 0) is 222 Å². The second-order valence-electron chi connectivity index (χ2n) is 28.2. The number of hydrogen-bond acceptors (Lipinski definition) is 0. The van der Waals surface area contributed by atoms with Crippen molar-refractivity contribution in [2.45, 2.75) is 0 Å². The first kappa shape index (κ1) is 63.5. The van der Waals surface area contributed by atoms with Gasteiger partial charge in [0, 0.05) is 32.9 Å². The van der Waals surface area contributed by atoms with Crippen molar-refractivity contribution in [2.75, 3.05) is 0 Å². The first-order valence-corrected chi connectivity index (χ1v) is 37.3. The Morgan fingerprint density at radius 3 is 0.639 bits per heavy atom. The molecule has 0 unspecified atom stereocenters. The Morgan fingerprint density at radius 2 is 0.315 bits per heavy atom. The summed E-state index contributed by atoms with van der Waals surface area (Å²) in [6.07, 6.45) is 0. The van der Waals surface area contributed by atoms with Gasteiger partial charge < -0.3 is 9.13 Å². The number of para-hydroxylation sites is 2. The molecule has 0 spiro atoms. The molecule has 21 aromatic rings. The molecule has 2 heteroatoms. The lowest BCUT2D eigenvalue weighted by molar-refractivity contribution is 1.18. The third-order valence-corrected chi connectivity index (χ3v) is 22.0. The molecule has 19 aromatic carbocycles. The number of rotatable bonds is 11. The van der Waals surface area contributed by atoms with Gasteiger partial charge in [0.1, 0.15) is 0 Å². The van der Waals surface area contributed by atoms with E-state index in [0.717, 1.165) is 11.4 Å². The first-order chi connectivity index (χ1) is 53.6. The van der Waals surface area contributed by atoms with Gasteiger partial charge in [-0.1, -0.05) is 346 Å². The molecular weight excluding hydrogens is 1300 g/mol. The minimum Gasteiger partial charge on any atom is -0.309 e. The maximum Gasteiger partial charge on any atom is 0.0541 e. The van der Waals surface area contributed by atoms with Gasteiger partial charge in [0.05, 0.1) is 22.1 Å². The van der Waals surface area contributed by atoms with E-state index in [0.29, 0.717) is 0 Å². The fourth-order valence-corrected chi connectivity index (χ4v) is 17.0. The van der Waals surface area contributed by atoms with Crippen LogP contribution in [-0.2, 0) is 0 Å². The highest BCUT2D eigenvalue weighted by molar-refractivity contribution is 6.23. The lowest BCUT2D eigenvalue weighted by Crippen LogP contribution is -1.95. The summed E-state index contributed by atoms with van der Waals surface area (Å²) in [5, 5.41) is 15.1. The normalized spacial score (nSPS) is 11.5. The zero-order valence-corrected chi connectivity index (χ0v) is 59.3. The van der Waals surface area contributed by atoms with Crippen LogP contribution in [0.3, 0.4) is 0 Å². The summed E-state index contributed by atoms with van der Waals surface area (Å²) in [4.78, 5) is 0. The third kappa shape index (κ3) is 11.2. The van der Waals surface area contributed by atoms with Crippen molar-refractivity contribution in [3.8, 4) is 112 Å². The van der Waals surface area contributed by atoms with Gasteiger partial charge in [-0.15, -0.1) is 0 Å². The fraction of sp³-hybridized carbons (Fsp3) is 0. The SMILES string of the molecule is c1ccc(-c2cccc(-c3ccc4c(c3)c3ccccc3n4-c3ccc(-c4c5ccccc5c(-c5cccc(-c6ccccc6)c5)c5ccccc45)cc3)c2)cc1.c1ccc(-c2cccc(-c3ccc4c(c3)c3ccccc3n4-c3ccc(-c4c5ccccc5c(-c5ccccc5)c5ccccc45)cc3)c2)cc1. The number of benzene rings is 19. The van der Waals surface area contributed by atoms with Gasteiger partial charge in [-0.2, -0.15) is 0 Å². The fourth-order valence-electron chi connectivity index (χ4n) is 17.0. The molecule has 0 bridgehead atoms. The number of nitrogens with zero attached hydrogens (tertiary/aromatic N) is 2. The van der Waals surface area contributed by atoms with Crippen LogP contribution in [0.1, 0.15) is 0 Å². The minimum atomic E-state index is 1.15. The number of fused-ring (bicyclic) bond motifs is 10. The van der Waals surface area contributed by atoms with Crippen LogP contribution in [0.2, 0.25) is 0 Å². The molecular formula is C106H70N2. The molecule has 2 heterocycles. The molecule has 21 rings (SSSR count). The maximum atomic E-state index is 2.41. The zero-order valence-electron chi connectivity index (χ0n) is 59.3. The lowest BCUT2D eigenvalue weighted by Gasteiger charge is -2.18. The van der Waals surface area contributed by atoms with Crippen LogP contribution in [0, 0.1) is 0 Å². The van der Waals surface area contributed by atoms with Crippen molar-refractivity contribution in [3.63, 3.8) is 0 Å². The summed E-state index contributed by atoms with van der Waals surface area (Å²) < 4.78 is 4.82. The van der Waals surface area contributed by atoms with Crippen molar-refractivity contribution < 1.29 is 0 Å². The van der Waals surface area contributed by atoms with Gasteiger partial charge >= 0.3 is 0 Å². The van der Waals surface area contributed by atoms with Crippen LogP contribution in [0.5, 0.6) is 0 Å². The molecule has 0 fully saturated rings. The van der Waals surface area contributed by atoms with Gasteiger partial charge in [-0.3, -0.25) is 0 Å². The molecule has 2 aromatic heterocycles. The third-order valence-electron chi connectivity index (χ3n) is 22.0. The topological polar surface area (TPSA) is 9.86 Å². The molecule has 0 saturated heterocycles. The molecule has 0 aliphatic carbocycles. The molecule has 2 nitrogen and oxygen atoms in total. The predicted molar refractivity (Wildman–Crippen MR) is 461 cm³/mol. The lowest BCUT2D eigenvalue weighted by atomic mass is 9.85. The number of hydrogen-bond donors (Lipinski definition) is 0. The Kier molecular flexibility index (Phi) is 16.0. The first-order valence-electron chi connectivity index (χ1n) is 37.3. The molecule has 504 valence electrons. The Bertz CT molecular complexity index is 6870. The Balaban J connectivity index is 0.000000143. The van der Waals surface area contributed by atoms with Crippen LogP contribution in [0.25, 0.3) is 198 Å². The van der Waals surface area contributed by atoms with Crippen LogP contribution in [0.15, 0.2) is 425 Å². The molecule has 0 saturated carbocycles. The highest BCUT2D eigenvalue weighted by Gasteiger charge is 2.22. The summed E-state index contributed by atoms with van der Waals surface area (Å²) >= 11 is 0. The van der Waals surface area contributed by atoms with Crippen molar-refractivity contribution in [1.29, 1.82) is 0 Å². The predicted octanol–water partition coefficient (Wildman–Crippen LogP) is 29.2. The zero-order chi connectivity index (χ0) is 71.4. The van der Waals surface area contributed by atoms with E-state index in [1.54, 1.807) is 0 Å². The smallest absolute Gasteiger partial charge is 0.0541 e. The Morgan fingerprint density at radius 1 is 0.111 bits per heavy atom. The highest BCUT2D eigenvalue weighted by Crippen LogP contribution is 2.48. The second-order valence-corrected chi connectivity index (χ2v) is 28.2. The van der Waals surface area contributed by atoms with Crippen LogP contribution in [-0.4, -0.2) is 9.13 Å². The Labute approximate surface area is 627 Å². The van der Waals surface area contributed by atoms with Crippen molar-refractivity contribution in [1.82, 2.24) is 9.13 Å². The van der Waals surface area contributed by atoms with Gasteiger partial charge in [0.15, 0.2) is 0 Å². The van der Waals surface area contributed by atoms with E-state index in [1.807, 2.05) is 0 Å². The van der Waals surface area contributed by atoms with E-state index >= 15 is 0 Å². The average Bonchev–Trinajstić information content (AvgIpc) is 1.19. The molecule has 0 aliphatic heterocycles. The summed E-state index contributed by atoms with van der Waals surface area (Å²) in [5.74, 6) is 0. The van der Waals surface area contributed by atoms with Gasteiger partial charge in [-0.25, -0.2) is 0 Å². The summed E-state index contributed by atoms with van der Waals surface area (Å²) in [6, 6.07) is 155. The summed E-state index contributed by atoms with van der Waals surface area (Å²) in [7, 11) is 0. The highest BCUT2D eigenvalue weighted by atomic mass is 15.0. The van der Waals surface area contributed by atoms with Gasteiger partial charge in [0.25, 0.3) is 0 Å². The van der Waals surface area contributed by atoms with Crippen molar-refractivity contribution in [2.24, 2.45) is 0 Å². The van der Waals surface area contributed by atoms with E-state index in [2.05, 4.69) is 434 Å². The molecule has 0 N–H and O–H groups in total. The van der Waals surface area contributed by atoms with Crippen molar-refractivity contribution >= 4 is 86.7 Å². The standard InChI is InChI=1S/C56H37N.C50H33N/c1-3-15-38(16-4-1)41-19-13-21-43(35-41)44-31-34-54-52(37-44)47-23-11-12-28-53(47)57(54)46-32-29-40(30-33-46)55-48-24-7-9-26-50(48)56(51-27-10-8-25-49(51)55)45-22-14-20-42(36-45)39-17-5-2-6-18-39;1-3-14-34(15-4-1)37-18-13-19-38(32-37)39-28-31-48-46(33-39)41-20-11-12-25-47(41)51(48)40-29-26-36(27-30-40)50-44-23-9-7-21-42(44)49(35-16-5-2-6-17-35)43-22-8-10-24-45(43)50/h1-37H;1-33H. The largest absolute Gasteiger partial charge is 0.309 e. The van der Waals surface area contributed by atoms with Crippen molar-refractivity contribution in [3.05, 3.63) is 425 Å². The van der Waals surface area contributed by atoms with E-state index < -0.39 is 0 Å². The average molecular weight is 1370 g/mol.